The van der Waals surface area contributed by atoms with E-state index >= 15 is 0 Å². The minimum Gasteiger partial charge on any atom is -0.462 e. The smallest absolute Gasteiger partial charge is 0.339 e. The number of benzene rings is 2. The van der Waals surface area contributed by atoms with Gasteiger partial charge in [-0.15, -0.1) is 0 Å². The van der Waals surface area contributed by atoms with Crippen molar-refractivity contribution < 1.29 is 22.1 Å². The molecule has 0 unspecified atom stereocenters. The van der Waals surface area contributed by atoms with Crippen molar-refractivity contribution in [3.05, 3.63) is 59.2 Å². The van der Waals surface area contributed by atoms with Gasteiger partial charge in [0.2, 0.25) is 0 Å². The lowest BCUT2D eigenvalue weighted by Gasteiger charge is -2.09. The van der Waals surface area contributed by atoms with E-state index in [2.05, 4.69) is 0 Å². The monoisotopic (exact) mass is 346 g/mol. The fraction of sp³-hybridized carbons (Fsp3) is 0.278. The Morgan fingerprint density at radius 1 is 1.08 bits per heavy atom. The maximum atomic E-state index is 12.5. The first-order chi connectivity index (χ1) is 11.5. The zero-order chi connectivity index (χ0) is 17.2. The third-order valence-corrected chi connectivity index (χ3v) is 5.15. The third-order valence-electron chi connectivity index (χ3n) is 3.91. The van der Waals surface area contributed by atoms with Crippen LogP contribution in [-0.4, -0.2) is 21.0 Å². The van der Waals surface area contributed by atoms with Gasteiger partial charge in [0.25, 0.3) is 0 Å². The van der Waals surface area contributed by atoms with Crippen LogP contribution in [0.5, 0.6) is 5.75 Å². The Balaban J connectivity index is 1.85. The van der Waals surface area contributed by atoms with E-state index in [1.165, 1.54) is 29.8 Å². The number of hydrogen-bond donors (Lipinski definition) is 0. The number of fused-ring (bicyclic) bond motifs is 1. The lowest BCUT2D eigenvalue weighted by Crippen LogP contribution is -2.12. The van der Waals surface area contributed by atoms with Crippen LogP contribution in [0.25, 0.3) is 0 Å². The number of esters is 1. The second-order valence-electron chi connectivity index (χ2n) is 5.57. The van der Waals surface area contributed by atoms with Gasteiger partial charge >= 0.3 is 16.1 Å². The van der Waals surface area contributed by atoms with Gasteiger partial charge in [0.05, 0.1) is 12.2 Å². The minimum atomic E-state index is -4.01. The molecule has 0 saturated heterocycles. The van der Waals surface area contributed by atoms with Crippen LogP contribution in [0.15, 0.2) is 47.4 Å². The Labute approximate surface area is 141 Å². The predicted molar refractivity (Wildman–Crippen MR) is 88.7 cm³/mol. The van der Waals surface area contributed by atoms with Gasteiger partial charge in [-0.2, -0.15) is 8.42 Å². The average molecular weight is 346 g/mol. The molecule has 6 heteroatoms. The average Bonchev–Trinajstić information content (AvgIpc) is 3.02. The number of hydrogen-bond acceptors (Lipinski definition) is 5. The number of ether oxygens (including phenoxy) is 1. The summed E-state index contributed by atoms with van der Waals surface area (Å²) < 4.78 is 35.0. The summed E-state index contributed by atoms with van der Waals surface area (Å²) in [5.74, 6) is -0.274. The molecule has 0 atom stereocenters. The standard InChI is InChI=1S/C18H18O5S/c1-2-22-18(19)15-7-4-8-17(12-15)24(20,21)23-16-10-9-13-5-3-6-14(13)11-16/h4,7-12H,2-3,5-6H2,1H3. The quantitative estimate of drug-likeness (QED) is 0.614. The van der Waals surface area contributed by atoms with Crippen molar-refractivity contribution in [2.75, 3.05) is 6.61 Å². The maximum absolute atomic E-state index is 12.5. The van der Waals surface area contributed by atoms with Crippen LogP contribution in [0.1, 0.15) is 34.8 Å². The Bertz CT molecular complexity index is 871. The van der Waals surface area contributed by atoms with Crippen LogP contribution in [0.4, 0.5) is 0 Å². The van der Waals surface area contributed by atoms with E-state index < -0.39 is 16.1 Å². The predicted octanol–water partition coefficient (Wildman–Crippen LogP) is 3.12. The Morgan fingerprint density at radius 2 is 1.88 bits per heavy atom. The first-order valence-corrected chi connectivity index (χ1v) is 9.24. The molecule has 0 saturated carbocycles. The molecule has 2 aromatic carbocycles. The highest BCUT2D eigenvalue weighted by Gasteiger charge is 2.20. The number of rotatable bonds is 5. The molecule has 0 radical (unpaired) electrons. The van der Waals surface area contributed by atoms with Crippen LogP contribution >= 0.6 is 0 Å². The normalized spacial score (nSPS) is 13.4. The van der Waals surface area contributed by atoms with Gasteiger partial charge in [-0.05, 0) is 67.6 Å². The van der Waals surface area contributed by atoms with E-state index in [0.717, 1.165) is 24.8 Å². The summed E-state index contributed by atoms with van der Waals surface area (Å²) in [6, 6.07) is 11.0. The molecule has 24 heavy (non-hydrogen) atoms. The Morgan fingerprint density at radius 3 is 2.67 bits per heavy atom. The zero-order valence-corrected chi connectivity index (χ0v) is 14.1. The lowest BCUT2D eigenvalue weighted by atomic mass is 10.1. The molecule has 126 valence electrons. The SMILES string of the molecule is CCOC(=O)c1cccc(S(=O)(=O)Oc2ccc3c(c2)CCC3)c1. The highest BCUT2D eigenvalue weighted by molar-refractivity contribution is 7.87. The van der Waals surface area contributed by atoms with Crippen molar-refractivity contribution in [1.29, 1.82) is 0 Å². The number of carbonyl (C=O) groups is 1. The molecule has 1 aliphatic carbocycles. The molecule has 5 nitrogen and oxygen atoms in total. The molecule has 3 rings (SSSR count). The minimum absolute atomic E-state index is 0.0754. The summed E-state index contributed by atoms with van der Waals surface area (Å²) >= 11 is 0. The molecule has 0 amide bonds. The molecule has 0 bridgehead atoms. The number of aryl methyl sites for hydroxylation is 2. The molecular formula is C18H18O5S. The molecule has 0 fully saturated rings. The van der Waals surface area contributed by atoms with Crippen molar-refractivity contribution in [1.82, 2.24) is 0 Å². The van der Waals surface area contributed by atoms with Gasteiger partial charge in [-0.1, -0.05) is 12.1 Å². The van der Waals surface area contributed by atoms with Gasteiger partial charge in [-0.3, -0.25) is 0 Å². The van der Waals surface area contributed by atoms with Crippen molar-refractivity contribution in [2.24, 2.45) is 0 Å². The molecule has 0 heterocycles. The van der Waals surface area contributed by atoms with Crippen molar-refractivity contribution in [3.63, 3.8) is 0 Å². The summed E-state index contributed by atoms with van der Waals surface area (Å²) in [5.41, 5.74) is 2.54. The Kier molecular flexibility index (Phi) is 4.57. The highest BCUT2D eigenvalue weighted by atomic mass is 32.2. The molecule has 1 aliphatic rings. The number of carbonyl (C=O) groups excluding carboxylic acids is 1. The van der Waals surface area contributed by atoms with Crippen LogP contribution in [0, 0.1) is 0 Å². The van der Waals surface area contributed by atoms with Gasteiger partial charge in [-0.25, -0.2) is 4.79 Å². The van der Waals surface area contributed by atoms with E-state index in [1.54, 1.807) is 19.1 Å². The highest BCUT2D eigenvalue weighted by Crippen LogP contribution is 2.28. The van der Waals surface area contributed by atoms with Gasteiger partial charge < -0.3 is 8.92 Å². The van der Waals surface area contributed by atoms with Crippen molar-refractivity contribution >= 4 is 16.1 Å². The first kappa shape index (κ1) is 16.5. The summed E-state index contributed by atoms with van der Waals surface area (Å²) in [6.07, 6.45) is 3.03. The van der Waals surface area contributed by atoms with Crippen LogP contribution < -0.4 is 4.18 Å². The summed E-state index contributed by atoms with van der Waals surface area (Å²) in [7, 11) is -4.01. The van der Waals surface area contributed by atoms with Crippen LogP contribution in [0.3, 0.4) is 0 Å². The van der Waals surface area contributed by atoms with Gasteiger partial charge in [0, 0.05) is 0 Å². The molecule has 0 aliphatic heterocycles. The molecule has 0 N–H and O–H groups in total. The fourth-order valence-corrected chi connectivity index (χ4v) is 3.74. The van der Waals surface area contributed by atoms with E-state index in [1.807, 2.05) is 6.07 Å². The van der Waals surface area contributed by atoms with Crippen LogP contribution in [0.2, 0.25) is 0 Å². The fourth-order valence-electron chi connectivity index (χ4n) is 2.77. The van der Waals surface area contributed by atoms with Crippen molar-refractivity contribution in [2.45, 2.75) is 31.1 Å². The molecular weight excluding hydrogens is 328 g/mol. The van der Waals surface area contributed by atoms with E-state index in [9.17, 15) is 13.2 Å². The molecule has 0 spiro atoms. The van der Waals surface area contributed by atoms with E-state index in [0.29, 0.717) is 0 Å². The summed E-state index contributed by atoms with van der Waals surface area (Å²) in [6.45, 7) is 1.91. The lowest BCUT2D eigenvalue weighted by molar-refractivity contribution is 0.0526. The zero-order valence-electron chi connectivity index (χ0n) is 13.3. The van der Waals surface area contributed by atoms with Crippen LogP contribution in [-0.2, 0) is 27.7 Å². The second-order valence-corrected chi connectivity index (χ2v) is 7.12. The van der Waals surface area contributed by atoms with E-state index in [-0.39, 0.29) is 22.8 Å². The second kappa shape index (κ2) is 6.65. The third kappa shape index (κ3) is 3.43. The first-order valence-electron chi connectivity index (χ1n) is 7.83. The maximum Gasteiger partial charge on any atom is 0.339 e. The molecule has 0 aromatic heterocycles. The van der Waals surface area contributed by atoms with E-state index in [4.69, 9.17) is 8.92 Å². The van der Waals surface area contributed by atoms with Gasteiger partial charge in [0.15, 0.2) is 0 Å². The topological polar surface area (TPSA) is 69.7 Å². The molecule has 2 aromatic rings. The summed E-state index contributed by atoms with van der Waals surface area (Å²) in [5, 5.41) is 0. The largest absolute Gasteiger partial charge is 0.462 e. The van der Waals surface area contributed by atoms with Gasteiger partial charge in [0.1, 0.15) is 10.6 Å². The Hall–Kier alpha value is -2.34. The van der Waals surface area contributed by atoms with Crippen molar-refractivity contribution in [3.8, 4) is 5.75 Å². The summed E-state index contributed by atoms with van der Waals surface area (Å²) in [4.78, 5) is 11.7.